The number of methoxy groups -OCH3 is 1. The van der Waals surface area contributed by atoms with Gasteiger partial charge in [0.1, 0.15) is 11.9 Å². The molecular formula is C16H20ClFO4. The molecule has 1 fully saturated rings. The van der Waals surface area contributed by atoms with E-state index in [0.717, 1.165) is 18.6 Å². The lowest BCUT2D eigenvalue weighted by molar-refractivity contribution is -0.149. The molecule has 122 valence electrons. The molecule has 0 bridgehead atoms. The van der Waals surface area contributed by atoms with Gasteiger partial charge in [0.15, 0.2) is 0 Å². The highest BCUT2D eigenvalue weighted by Gasteiger charge is 2.60. The Kier molecular flexibility index (Phi) is 6.03. The van der Waals surface area contributed by atoms with Crippen molar-refractivity contribution >= 4 is 17.6 Å². The lowest BCUT2D eigenvalue weighted by Gasteiger charge is -2.14. The number of epoxide rings is 1. The predicted molar refractivity (Wildman–Crippen MR) is 81.0 cm³/mol. The van der Waals surface area contributed by atoms with Crippen LogP contribution in [0.1, 0.15) is 25.7 Å². The van der Waals surface area contributed by atoms with Gasteiger partial charge in [-0.2, -0.15) is 0 Å². The SMILES string of the molecule is COC(=O)C1(C(F)CCCCCOc2ccc(Cl)cc2)CO1. The fourth-order valence-corrected chi connectivity index (χ4v) is 2.36. The monoisotopic (exact) mass is 330 g/mol. The summed E-state index contributed by atoms with van der Waals surface area (Å²) < 4.78 is 29.1. The number of alkyl halides is 1. The molecule has 1 aliphatic rings. The molecule has 0 amide bonds. The van der Waals surface area contributed by atoms with Crippen molar-refractivity contribution in [1.29, 1.82) is 0 Å². The second-order valence-corrected chi connectivity index (χ2v) is 5.73. The lowest BCUT2D eigenvalue weighted by Crippen LogP contribution is -2.36. The maximum Gasteiger partial charge on any atom is 0.343 e. The Morgan fingerprint density at radius 1 is 1.36 bits per heavy atom. The van der Waals surface area contributed by atoms with Crippen LogP contribution in [0.15, 0.2) is 24.3 Å². The Hall–Kier alpha value is -1.33. The number of halogens is 2. The van der Waals surface area contributed by atoms with E-state index in [1.165, 1.54) is 7.11 Å². The van der Waals surface area contributed by atoms with Gasteiger partial charge in [-0.25, -0.2) is 9.18 Å². The van der Waals surface area contributed by atoms with E-state index in [2.05, 4.69) is 4.74 Å². The van der Waals surface area contributed by atoms with Crippen molar-refractivity contribution in [2.45, 2.75) is 37.5 Å². The summed E-state index contributed by atoms with van der Waals surface area (Å²) in [6.45, 7) is 0.678. The molecule has 2 rings (SSSR count). The Morgan fingerprint density at radius 3 is 2.64 bits per heavy atom. The number of hydrogen-bond donors (Lipinski definition) is 0. The third-order valence-electron chi connectivity index (χ3n) is 3.68. The summed E-state index contributed by atoms with van der Waals surface area (Å²) in [6, 6.07) is 7.16. The van der Waals surface area contributed by atoms with E-state index in [4.69, 9.17) is 21.1 Å². The molecule has 0 N–H and O–H groups in total. The van der Waals surface area contributed by atoms with E-state index in [-0.39, 0.29) is 13.0 Å². The van der Waals surface area contributed by atoms with Crippen molar-refractivity contribution in [3.63, 3.8) is 0 Å². The number of hydrogen-bond acceptors (Lipinski definition) is 4. The molecule has 1 aromatic rings. The minimum absolute atomic E-state index is 0.112. The number of benzene rings is 1. The smallest absolute Gasteiger partial charge is 0.343 e. The van der Waals surface area contributed by atoms with Crippen LogP contribution >= 0.6 is 11.6 Å². The van der Waals surface area contributed by atoms with E-state index >= 15 is 0 Å². The first-order valence-corrected chi connectivity index (χ1v) is 7.71. The number of rotatable bonds is 9. The molecule has 1 saturated heterocycles. The highest BCUT2D eigenvalue weighted by Crippen LogP contribution is 2.36. The van der Waals surface area contributed by atoms with E-state index in [0.29, 0.717) is 18.1 Å². The molecule has 0 aliphatic carbocycles. The molecule has 0 spiro atoms. The maximum atomic E-state index is 14.0. The highest BCUT2D eigenvalue weighted by atomic mass is 35.5. The second kappa shape index (κ2) is 7.79. The van der Waals surface area contributed by atoms with Gasteiger partial charge in [-0.05, 0) is 43.5 Å². The van der Waals surface area contributed by atoms with Gasteiger partial charge in [-0.3, -0.25) is 0 Å². The van der Waals surface area contributed by atoms with Gasteiger partial charge < -0.3 is 14.2 Å². The third kappa shape index (κ3) is 4.34. The van der Waals surface area contributed by atoms with E-state index in [9.17, 15) is 9.18 Å². The molecule has 4 nitrogen and oxygen atoms in total. The normalized spacial score (nSPS) is 21.2. The zero-order valence-corrected chi connectivity index (χ0v) is 13.3. The average Bonchev–Trinajstić information content (AvgIpc) is 3.33. The van der Waals surface area contributed by atoms with Crippen LogP contribution in [0, 0.1) is 0 Å². The number of esters is 1. The van der Waals surface area contributed by atoms with E-state index in [1.807, 2.05) is 12.1 Å². The van der Waals surface area contributed by atoms with Crippen LogP contribution in [0.4, 0.5) is 4.39 Å². The van der Waals surface area contributed by atoms with Gasteiger partial charge in [-0.1, -0.05) is 18.0 Å². The van der Waals surface area contributed by atoms with Crippen molar-refractivity contribution in [3.8, 4) is 5.75 Å². The van der Waals surface area contributed by atoms with Crippen LogP contribution in [0.5, 0.6) is 5.75 Å². The molecular weight excluding hydrogens is 311 g/mol. The summed E-state index contributed by atoms with van der Waals surface area (Å²) in [5.41, 5.74) is -1.34. The fourth-order valence-electron chi connectivity index (χ4n) is 2.23. The summed E-state index contributed by atoms with van der Waals surface area (Å²) in [7, 11) is 1.24. The Morgan fingerprint density at radius 2 is 2.05 bits per heavy atom. The molecule has 0 aromatic heterocycles. The zero-order chi connectivity index (χ0) is 16.0. The van der Waals surface area contributed by atoms with Crippen LogP contribution in [-0.2, 0) is 14.3 Å². The van der Waals surface area contributed by atoms with Gasteiger partial charge in [0.2, 0.25) is 5.60 Å². The standard InChI is InChI=1S/C16H20ClFO4/c1-20-15(19)16(11-22-16)14(18)5-3-2-4-10-21-13-8-6-12(17)7-9-13/h6-9,14H,2-5,10-11H2,1H3. The average molecular weight is 331 g/mol. The molecule has 22 heavy (non-hydrogen) atoms. The topological polar surface area (TPSA) is 48.1 Å². The Bertz CT molecular complexity index is 487. The summed E-state index contributed by atoms with van der Waals surface area (Å²) >= 11 is 5.78. The summed E-state index contributed by atoms with van der Waals surface area (Å²) in [4.78, 5) is 11.4. The van der Waals surface area contributed by atoms with Crippen molar-refractivity contribution in [2.75, 3.05) is 20.3 Å². The van der Waals surface area contributed by atoms with Crippen LogP contribution in [0.3, 0.4) is 0 Å². The van der Waals surface area contributed by atoms with Crippen molar-refractivity contribution in [2.24, 2.45) is 0 Å². The third-order valence-corrected chi connectivity index (χ3v) is 3.93. The Balaban J connectivity index is 1.58. The second-order valence-electron chi connectivity index (χ2n) is 5.29. The van der Waals surface area contributed by atoms with Gasteiger partial charge in [0, 0.05) is 5.02 Å². The molecule has 2 unspecified atom stereocenters. The fraction of sp³-hybridized carbons (Fsp3) is 0.562. The van der Waals surface area contributed by atoms with Crippen molar-refractivity contribution in [1.82, 2.24) is 0 Å². The minimum atomic E-state index is -1.34. The molecule has 1 aliphatic heterocycles. The van der Waals surface area contributed by atoms with Gasteiger partial charge in [-0.15, -0.1) is 0 Å². The summed E-state index contributed by atoms with van der Waals surface area (Å²) in [5, 5.41) is 0.670. The largest absolute Gasteiger partial charge is 0.494 e. The molecule has 1 aromatic carbocycles. The van der Waals surface area contributed by atoms with Crippen LogP contribution in [0.25, 0.3) is 0 Å². The van der Waals surface area contributed by atoms with E-state index in [1.54, 1.807) is 12.1 Å². The van der Waals surface area contributed by atoms with Crippen LogP contribution < -0.4 is 4.74 Å². The van der Waals surface area contributed by atoms with Gasteiger partial charge in [0.25, 0.3) is 0 Å². The molecule has 6 heteroatoms. The van der Waals surface area contributed by atoms with E-state index < -0.39 is 17.7 Å². The summed E-state index contributed by atoms with van der Waals surface area (Å²) in [5.74, 6) is 0.148. The zero-order valence-electron chi connectivity index (χ0n) is 12.5. The number of unbranched alkanes of at least 4 members (excludes halogenated alkanes) is 2. The Labute approximate surface area is 134 Å². The van der Waals surface area contributed by atoms with Crippen LogP contribution in [0.2, 0.25) is 5.02 Å². The molecule has 0 radical (unpaired) electrons. The van der Waals surface area contributed by atoms with Crippen molar-refractivity contribution < 1.29 is 23.4 Å². The van der Waals surface area contributed by atoms with Gasteiger partial charge in [0.05, 0.1) is 20.3 Å². The molecule has 0 saturated carbocycles. The minimum Gasteiger partial charge on any atom is -0.494 e. The molecule has 2 atom stereocenters. The predicted octanol–water partition coefficient (Wildman–Crippen LogP) is 3.56. The highest BCUT2D eigenvalue weighted by molar-refractivity contribution is 6.30. The molecule has 1 heterocycles. The maximum absolute atomic E-state index is 14.0. The number of ether oxygens (including phenoxy) is 3. The summed E-state index contributed by atoms with van der Waals surface area (Å²) in [6.07, 6.45) is 1.30. The van der Waals surface area contributed by atoms with Gasteiger partial charge >= 0.3 is 5.97 Å². The first-order chi connectivity index (χ1) is 10.6. The number of carbonyl (C=O) groups excluding carboxylic acids is 1. The number of carbonyl (C=O) groups is 1. The first-order valence-electron chi connectivity index (χ1n) is 7.33. The quantitative estimate of drug-likeness (QED) is 0.394. The van der Waals surface area contributed by atoms with Crippen molar-refractivity contribution in [3.05, 3.63) is 29.3 Å². The first kappa shape index (κ1) is 17.0. The van der Waals surface area contributed by atoms with Crippen LogP contribution in [-0.4, -0.2) is 38.1 Å². The lowest BCUT2D eigenvalue weighted by atomic mass is 9.99.